The first kappa shape index (κ1) is 13.7. The van der Waals surface area contributed by atoms with Gasteiger partial charge in [-0.05, 0) is 6.42 Å². The predicted molar refractivity (Wildman–Crippen MR) is 45.7 cm³/mol. The highest BCUT2D eigenvalue weighted by atomic mass is 19.4. The summed E-state index contributed by atoms with van der Waals surface area (Å²) in [6, 6.07) is 0. The van der Waals surface area contributed by atoms with Crippen LogP contribution in [-0.4, -0.2) is 32.5 Å². The maximum absolute atomic E-state index is 11.5. The summed E-state index contributed by atoms with van der Waals surface area (Å²) < 4.78 is 39.7. The summed E-state index contributed by atoms with van der Waals surface area (Å²) in [5.41, 5.74) is 2.17. The highest BCUT2D eigenvalue weighted by Crippen LogP contribution is 2.13. The van der Waals surface area contributed by atoms with Gasteiger partial charge in [0, 0.05) is 13.2 Å². The fraction of sp³-hybridized carbons (Fsp3) is 1.00. The van der Waals surface area contributed by atoms with Crippen molar-refractivity contribution in [3.63, 3.8) is 0 Å². The first-order valence-electron chi connectivity index (χ1n) is 4.55. The number of unbranched alkanes of at least 4 members (excludes halogenated alkanes) is 1. The molecule has 0 rings (SSSR count). The maximum atomic E-state index is 11.5. The van der Waals surface area contributed by atoms with Crippen LogP contribution in [0.2, 0.25) is 0 Å². The second-order valence-corrected chi connectivity index (χ2v) is 2.76. The van der Waals surface area contributed by atoms with E-state index in [0.717, 1.165) is 12.8 Å². The Morgan fingerprint density at radius 2 is 1.93 bits per heavy atom. The van der Waals surface area contributed by atoms with Crippen molar-refractivity contribution >= 4 is 0 Å². The lowest BCUT2D eigenvalue weighted by atomic mass is 10.4. The third kappa shape index (κ3) is 11.7. The lowest BCUT2D eigenvalue weighted by Crippen LogP contribution is -2.27. The van der Waals surface area contributed by atoms with Gasteiger partial charge in [-0.25, -0.2) is 0 Å². The molecule has 1 N–H and O–H groups in total. The van der Waals surface area contributed by atoms with Gasteiger partial charge in [-0.1, -0.05) is 13.3 Å². The molecule has 0 saturated heterocycles. The van der Waals surface area contributed by atoms with Gasteiger partial charge in [0.05, 0.1) is 6.61 Å². The maximum Gasteiger partial charge on any atom is 0.413 e. The minimum absolute atomic E-state index is 0.264. The third-order valence-electron chi connectivity index (χ3n) is 1.33. The molecule has 0 aromatic carbocycles. The van der Waals surface area contributed by atoms with Crippen molar-refractivity contribution < 1.29 is 22.7 Å². The fourth-order valence-electron chi connectivity index (χ4n) is 0.667. The number of hydrogen-bond acceptors (Lipinski definition) is 3. The number of rotatable bonds is 8. The van der Waals surface area contributed by atoms with Gasteiger partial charge in [-0.15, -0.1) is 0 Å². The molecule has 0 aliphatic carbocycles. The second-order valence-electron chi connectivity index (χ2n) is 2.76. The Kier molecular flexibility index (Phi) is 7.83. The summed E-state index contributed by atoms with van der Waals surface area (Å²) in [6.07, 6.45) is -2.28. The zero-order valence-electron chi connectivity index (χ0n) is 8.19. The van der Waals surface area contributed by atoms with E-state index in [1.54, 1.807) is 0 Å². The standard InChI is InChI=1S/C8H16F3NO2/c1-2-3-5-13-6-4-12-14-7-8(9,10)11/h12H,2-7H2,1H3. The van der Waals surface area contributed by atoms with Crippen LogP contribution in [0.3, 0.4) is 0 Å². The molecule has 0 unspecified atom stereocenters. The van der Waals surface area contributed by atoms with Gasteiger partial charge in [-0.3, -0.25) is 4.84 Å². The molecule has 0 aliphatic heterocycles. The summed E-state index contributed by atoms with van der Waals surface area (Å²) in [6.45, 7) is 2.02. The van der Waals surface area contributed by atoms with Crippen molar-refractivity contribution in [3.05, 3.63) is 0 Å². The molecule has 0 spiro atoms. The van der Waals surface area contributed by atoms with Crippen LogP contribution in [0.25, 0.3) is 0 Å². The van der Waals surface area contributed by atoms with E-state index in [0.29, 0.717) is 13.2 Å². The summed E-state index contributed by atoms with van der Waals surface area (Å²) in [5, 5.41) is 0. The molecule has 0 bridgehead atoms. The molecule has 0 fully saturated rings. The Morgan fingerprint density at radius 3 is 2.50 bits per heavy atom. The van der Waals surface area contributed by atoms with Gasteiger partial charge in [0.2, 0.25) is 0 Å². The molecule has 3 nitrogen and oxygen atoms in total. The first-order chi connectivity index (χ1) is 6.56. The lowest BCUT2D eigenvalue weighted by molar-refractivity contribution is -0.190. The Morgan fingerprint density at radius 1 is 1.21 bits per heavy atom. The summed E-state index contributed by atoms with van der Waals surface area (Å²) in [4.78, 5) is 4.15. The Hall–Kier alpha value is -0.330. The van der Waals surface area contributed by atoms with E-state index >= 15 is 0 Å². The molecule has 14 heavy (non-hydrogen) atoms. The van der Waals surface area contributed by atoms with Crippen LogP contribution in [0.4, 0.5) is 13.2 Å². The van der Waals surface area contributed by atoms with Gasteiger partial charge in [-0.2, -0.15) is 18.7 Å². The molecule has 0 radical (unpaired) electrons. The number of halogens is 3. The lowest BCUT2D eigenvalue weighted by Gasteiger charge is -2.08. The smallest absolute Gasteiger partial charge is 0.380 e. The van der Waals surface area contributed by atoms with E-state index in [4.69, 9.17) is 4.74 Å². The number of nitrogens with one attached hydrogen (secondary N) is 1. The van der Waals surface area contributed by atoms with Crippen LogP contribution in [0.1, 0.15) is 19.8 Å². The summed E-state index contributed by atoms with van der Waals surface area (Å²) in [5.74, 6) is 0. The number of ether oxygens (including phenoxy) is 1. The van der Waals surface area contributed by atoms with Crippen molar-refractivity contribution in [1.29, 1.82) is 0 Å². The van der Waals surface area contributed by atoms with Gasteiger partial charge < -0.3 is 4.74 Å². The van der Waals surface area contributed by atoms with E-state index in [-0.39, 0.29) is 6.54 Å². The van der Waals surface area contributed by atoms with Gasteiger partial charge in [0.25, 0.3) is 0 Å². The monoisotopic (exact) mass is 215 g/mol. The quantitative estimate of drug-likeness (QED) is 0.495. The van der Waals surface area contributed by atoms with Crippen molar-refractivity contribution in [2.24, 2.45) is 0 Å². The van der Waals surface area contributed by atoms with Crippen LogP contribution < -0.4 is 5.48 Å². The topological polar surface area (TPSA) is 30.5 Å². The van der Waals surface area contributed by atoms with Gasteiger partial charge in [0.15, 0.2) is 6.61 Å². The molecule has 0 atom stereocenters. The summed E-state index contributed by atoms with van der Waals surface area (Å²) in [7, 11) is 0. The molecule has 0 aromatic rings. The minimum atomic E-state index is -4.28. The largest absolute Gasteiger partial charge is 0.413 e. The molecule has 6 heteroatoms. The second kappa shape index (κ2) is 8.02. The molecule has 0 amide bonds. The van der Waals surface area contributed by atoms with Crippen LogP contribution in [0.15, 0.2) is 0 Å². The van der Waals surface area contributed by atoms with E-state index in [9.17, 15) is 13.2 Å². The van der Waals surface area contributed by atoms with Crippen molar-refractivity contribution in [2.45, 2.75) is 25.9 Å². The van der Waals surface area contributed by atoms with Gasteiger partial charge in [0.1, 0.15) is 0 Å². The average Bonchev–Trinajstić information content (AvgIpc) is 2.08. The van der Waals surface area contributed by atoms with E-state index in [1.807, 2.05) is 6.92 Å². The third-order valence-corrected chi connectivity index (χ3v) is 1.33. The van der Waals surface area contributed by atoms with Crippen molar-refractivity contribution in [1.82, 2.24) is 5.48 Å². The first-order valence-corrected chi connectivity index (χ1v) is 4.55. The highest BCUT2D eigenvalue weighted by molar-refractivity contribution is 4.43. The SMILES string of the molecule is CCCCOCCNOCC(F)(F)F. The zero-order chi connectivity index (χ0) is 10.9. The van der Waals surface area contributed by atoms with Crippen LogP contribution in [0.5, 0.6) is 0 Å². The predicted octanol–water partition coefficient (Wildman–Crippen LogP) is 1.89. The molecular formula is C8H16F3NO2. The Balaban J connectivity index is 2.99. The van der Waals surface area contributed by atoms with Gasteiger partial charge >= 0.3 is 6.18 Å². The molecule has 0 heterocycles. The van der Waals surface area contributed by atoms with Crippen LogP contribution in [-0.2, 0) is 9.57 Å². The fourth-order valence-corrected chi connectivity index (χ4v) is 0.667. The molecule has 0 aromatic heterocycles. The molecule has 0 saturated carbocycles. The minimum Gasteiger partial charge on any atom is -0.380 e. The van der Waals surface area contributed by atoms with E-state index in [2.05, 4.69) is 10.3 Å². The molecule has 86 valence electrons. The van der Waals surface area contributed by atoms with Crippen molar-refractivity contribution in [3.8, 4) is 0 Å². The highest BCUT2D eigenvalue weighted by Gasteiger charge is 2.27. The molecule has 0 aliphatic rings. The number of hydroxylamine groups is 1. The summed E-state index contributed by atoms with van der Waals surface area (Å²) >= 11 is 0. The average molecular weight is 215 g/mol. The van der Waals surface area contributed by atoms with Crippen LogP contribution in [0, 0.1) is 0 Å². The van der Waals surface area contributed by atoms with Crippen LogP contribution >= 0.6 is 0 Å². The Bertz CT molecular complexity index is 130. The van der Waals surface area contributed by atoms with Crippen molar-refractivity contribution in [2.75, 3.05) is 26.4 Å². The zero-order valence-corrected chi connectivity index (χ0v) is 8.19. The Labute approximate surface area is 81.5 Å². The molecular weight excluding hydrogens is 199 g/mol. The van der Waals surface area contributed by atoms with E-state index < -0.39 is 12.8 Å². The number of alkyl halides is 3. The van der Waals surface area contributed by atoms with E-state index in [1.165, 1.54) is 0 Å². The number of hydrogen-bond donors (Lipinski definition) is 1. The normalized spacial score (nSPS) is 12.0.